The minimum atomic E-state index is 0.611. The first kappa shape index (κ1) is 14.0. The van der Waals surface area contributed by atoms with Gasteiger partial charge < -0.3 is 5.32 Å². The van der Waals surface area contributed by atoms with Gasteiger partial charge in [0.2, 0.25) is 0 Å². The van der Waals surface area contributed by atoms with Gasteiger partial charge in [-0.1, -0.05) is 56.3 Å². The average molecular weight is 231 g/mol. The summed E-state index contributed by atoms with van der Waals surface area (Å²) in [6, 6.07) is 10.8. The zero-order valence-electron chi connectivity index (χ0n) is 11.2. The predicted octanol–water partition coefficient (Wildman–Crippen LogP) is 4.13. The third-order valence-corrected chi connectivity index (χ3v) is 3.26. The molecule has 1 nitrogen and oxygen atoms in total. The van der Waals surface area contributed by atoms with E-state index in [9.17, 15) is 0 Å². The molecule has 0 radical (unpaired) electrons. The molecule has 0 saturated heterocycles. The second-order valence-electron chi connectivity index (χ2n) is 4.56. The lowest BCUT2D eigenvalue weighted by Crippen LogP contribution is -2.21. The van der Waals surface area contributed by atoms with Crippen molar-refractivity contribution in [1.82, 2.24) is 5.32 Å². The van der Waals surface area contributed by atoms with Crippen molar-refractivity contribution in [2.45, 2.75) is 39.0 Å². The largest absolute Gasteiger partial charge is 0.316 e. The van der Waals surface area contributed by atoms with Crippen molar-refractivity contribution in [2.24, 2.45) is 0 Å². The molecule has 0 aliphatic rings. The first-order valence-corrected chi connectivity index (χ1v) is 6.70. The van der Waals surface area contributed by atoms with Gasteiger partial charge in [0.05, 0.1) is 0 Å². The van der Waals surface area contributed by atoms with Gasteiger partial charge in [-0.3, -0.25) is 0 Å². The normalized spacial score (nSPS) is 12.4. The Morgan fingerprint density at radius 3 is 2.53 bits per heavy atom. The van der Waals surface area contributed by atoms with E-state index in [0.717, 1.165) is 25.9 Å². The summed E-state index contributed by atoms with van der Waals surface area (Å²) in [6.07, 6.45) is 3.44. The maximum atomic E-state index is 4.10. The topological polar surface area (TPSA) is 12.0 Å². The van der Waals surface area contributed by atoms with E-state index in [-0.39, 0.29) is 0 Å². The molecule has 1 aromatic rings. The van der Waals surface area contributed by atoms with Crippen LogP contribution in [-0.4, -0.2) is 13.1 Å². The lowest BCUT2D eigenvalue weighted by Gasteiger charge is -2.18. The molecule has 0 saturated carbocycles. The summed E-state index contributed by atoms with van der Waals surface area (Å²) in [7, 11) is 0. The number of hydrogen-bond donors (Lipinski definition) is 1. The highest BCUT2D eigenvalue weighted by Crippen LogP contribution is 2.23. The fourth-order valence-corrected chi connectivity index (χ4v) is 1.99. The quantitative estimate of drug-likeness (QED) is 0.663. The molecule has 0 spiro atoms. The Bertz CT molecular complexity index is 316. The van der Waals surface area contributed by atoms with Gasteiger partial charge in [-0.15, -0.1) is 0 Å². The standard InChI is InChI=1S/C16H25N/c1-4-14(3)11-12-16(13-17-5-2)15-9-7-6-8-10-15/h6-10,16-17H,3-5,11-13H2,1-2H3. The van der Waals surface area contributed by atoms with Crippen LogP contribution < -0.4 is 5.32 Å². The number of likely N-dealkylation sites (N-methyl/N-ethyl adjacent to an activating group) is 1. The SMILES string of the molecule is C=C(CC)CCC(CNCC)c1ccccc1. The number of allylic oxidation sites excluding steroid dienone is 1. The van der Waals surface area contributed by atoms with Gasteiger partial charge in [0.1, 0.15) is 0 Å². The zero-order chi connectivity index (χ0) is 12.5. The first-order valence-electron chi connectivity index (χ1n) is 6.70. The molecule has 0 heterocycles. The van der Waals surface area contributed by atoms with Gasteiger partial charge in [-0.2, -0.15) is 0 Å². The molecule has 1 atom stereocenters. The average Bonchev–Trinajstić information content (AvgIpc) is 2.39. The fraction of sp³-hybridized carbons (Fsp3) is 0.500. The fourth-order valence-electron chi connectivity index (χ4n) is 1.99. The van der Waals surface area contributed by atoms with E-state index >= 15 is 0 Å². The molecule has 1 aromatic carbocycles. The summed E-state index contributed by atoms with van der Waals surface area (Å²) in [5.74, 6) is 0.611. The minimum Gasteiger partial charge on any atom is -0.316 e. The van der Waals surface area contributed by atoms with Gasteiger partial charge in [0.25, 0.3) is 0 Å². The van der Waals surface area contributed by atoms with Crippen molar-refractivity contribution in [2.75, 3.05) is 13.1 Å². The van der Waals surface area contributed by atoms with Crippen LogP contribution in [0.1, 0.15) is 44.6 Å². The third kappa shape index (κ3) is 5.18. The molecule has 0 fully saturated rings. The van der Waals surface area contributed by atoms with Gasteiger partial charge in [0, 0.05) is 6.54 Å². The van der Waals surface area contributed by atoms with Crippen LogP contribution >= 0.6 is 0 Å². The maximum Gasteiger partial charge on any atom is 0.00201 e. The second kappa shape index (κ2) is 8.08. The number of hydrogen-bond acceptors (Lipinski definition) is 1. The van der Waals surface area contributed by atoms with Crippen molar-refractivity contribution >= 4 is 0 Å². The summed E-state index contributed by atoms with van der Waals surface area (Å²) in [6.45, 7) is 10.5. The highest BCUT2D eigenvalue weighted by atomic mass is 14.8. The Balaban J connectivity index is 2.57. The summed E-state index contributed by atoms with van der Waals surface area (Å²) in [5.41, 5.74) is 2.81. The molecular formula is C16H25N. The second-order valence-corrected chi connectivity index (χ2v) is 4.56. The Morgan fingerprint density at radius 1 is 1.24 bits per heavy atom. The molecule has 1 unspecified atom stereocenters. The minimum absolute atomic E-state index is 0.611. The molecule has 1 heteroatoms. The molecule has 94 valence electrons. The van der Waals surface area contributed by atoms with Crippen molar-refractivity contribution in [3.05, 3.63) is 48.0 Å². The molecule has 0 aromatic heterocycles. The number of benzene rings is 1. The van der Waals surface area contributed by atoms with E-state index < -0.39 is 0 Å². The first-order chi connectivity index (χ1) is 8.27. The Morgan fingerprint density at radius 2 is 1.94 bits per heavy atom. The lowest BCUT2D eigenvalue weighted by molar-refractivity contribution is 0.558. The Labute approximate surface area is 106 Å². The molecular weight excluding hydrogens is 206 g/mol. The van der Waals surface area contributed by atoms with Crippen LogP contribution in [0.4, 0.5) is 0 Å². The van der Waals surface area contributed by atoms with Crippen LogP contribution in [-0.2, 0) is 0 Å². The maximum absolute atomic E-state index is 4.10. The van der Waals surface area contributed by atoms with Crippen molar-refractivity contribution < 1.29 is 0 Å². The molecule has 1 N–H and O–H groups in total. The number of rotatable bonds is 8. The van der Waals surface area contributed by atoms with Crippen LogP contribution in [0.5, 0.6) is 0 Å². The molecule has 1 rings (SSSR count). The van der Waals surface area contributed by atoms with Crippen LogP contribution in [0.15, 0.2) is 42.5 Å². The molecule has 17 heavy (non-hydrogen) atoms. The van der Waals surface area contributed by atoms with Crippen molar-refractivity contribution in [3.63, 3.8) is 0 Å². The zero-order valence-corrected chi connectivity index (χ0v) is 11.2. The summed E-state index contributed by atoms with van der Waals surface area (Å²) in [4.78, 5) is 0. The van der Waals surface area contributed by atoms with Crippen LogP contribution in [0, 0.1) is 0 Å². The van der Waals surface area contributed by atoms with Crippen LogP contribution in [0.3, 0.4) is 0 Å². The number of nitrogens with one attached hydrogen (secondary N) is 1. The van der Waals surface area contributed by atoms with Gasteiger partial charge >= 0.3 is 0 Å². The van der Waals surface area contributed by atoms with Gasteiger partial charge in [-0.05, 0) is 37.3 Å². The summed E-state index contributed by atoms with van der Waals surface area (Å²) >= 11 is 0. The molecule has 0 aliphatic heterocycles. The van der Waals surface area contributed by atoms with Gasteiger partial charge in [-0.25, -0.2) is 0 Å². The Hall–Kier alpha value is -1.08. The third-order valence-electron chi connectivity index (χ3n) is 3.26. The van der Waals surface area contributed by atoms with Crippen molar-refractivity contribution in [3.8, 4) is 0 Å². The van der Waals surface area contributed by atoms with Gasteiger partial charge in [0.15, 0.2) is 0 Å². The summed E-state index contributed by atoms with van der Waals surface area (Å²) < 4.78 is 0. The van der Waals surface area contributed by atoms with Crippen molar-refractivity contribution in [1.29, 1.82) is 0 Å². The van der Waals surface area contributed by atoms with E-state index in [2.05, 4.69) is 56.1 Å². The highest BCUT2D eigenvalue weighted by molar-refractivity contribution is 5.20. The Kier molecular flexibility index (Phi) is 6.64. The van der Waals surface area contributed by atoms with E-state index in [4.69, 9.17) is 0 Å². The predicted molar refractivity (Wildman–Crippen MR) is 76.4 cm³/mol. The lowest BCUT2D eigenvalue weighted by atomic mass is 9.92. The molecule has 0 amide bonds. The molecule has 0 aliphatic carbocycles. The van der Waals surface area contributed by atoms with E-state index in [1.54, 1.807) is 0 Å². The van der Waals surface area contributed by atoms with E-state index in [1.807, 2.05) is 0 Å². The van der Waals surface area contributed by atoms with E-state index in [0.29, 0.717) is 5.92 Å². The highest BCUT2D eigenvalue weighted by Gasteiger charge is 2.10. The smallest absolute Gasteiger partial charge is 0.00201 e. The van der Waals surface area contributed by atoms with Crippen LogP contribution in [0.2, 0.25) is 0 Å². The van der Waals surface area contributed by atoms with E-state index in [1.165, 1.54) is 17.6 Å². The molecule has 0 bridgehead atoms. The monoisotopic (exact) mass is 231 g/mol. The van der Waals surface area contributed by atoms with Crippen LogP contribution in [0.25, 0.3) is 0 Å². The summed E-state index contributed by atoms with van der Waals surface area (Å²) in [5, 5.41) is 3.46.